The number of amides is 2. The molecule has 0 unspecified atom stereocenters. The van der Waals surface area contributed by atoms with Crippen molar-refractivity contribution >= 4 is 50.1 Å². The van der Waals surface area contributed by atoms with Gasteiger partial charge in [0.15, 0.2) is 0 Å². The molecule has 3 aromatic rings. The summed E-state index contributed by atoms with van der Waals surface area (Å²) in [6.07, 6.45) is 0. The Balaban J connectivity index is 2.01. The van der Waals surface area contributed by atoms with Gasteiger partial charge in [-0.05, 0) is 104 Å². The van der Waals surface area contributed by atoms with Crippen LogP contribution in [0.15, 0.2) is 83.8 Å². The van der Waals surface area contributed by atoms with Crippen molar-refractivity contribution in [1.29, 1.82) is 0 Å². The number of methoxy groups -OCH3 is 1. The van der Waals surface area contributed by atoms with E-state index in [1.54, 1.807) is 68.6 Å². The van der Waals surface area contributed by atoms with Gasteiger partial charge in [-0.1, -0.05) is 30.3 Å². The number of anilines is 1. The molecule has 0 heterocycles. The largest absolute Gasteiger partial charge is 0.497 e. The summed E-state index contributed by atoms with van der Waals surface area (Å²) in [5, 5.41) is 2.92. The number of benzene rings is 3. The van der Waals surface area contributed by atoms with E-state index >= 15 is 0 Å². The van der Waals surface area contributed by atoms with Gasteiger partial charge in [-0.25, -0.2) is 8.42 Å². The van der Waals surface area contributed by atoms with Crippen LogP contribution in [0.5, 0.6) is 5.75 Å². The zero-order chi connectivity index (χ0) is 28.8. The van der Waals surface area contributed by atoms with Gasteiger partial charge >= 0.3 is 0 Å². The summed E-state index contributed by atoms with van der Waals surface area (Å²) in [6.45, 7) is 6.84. The van der Waals surface area contributed by atoms with Crippen LogP contribution >= 0.6 is 22.6 Å². The zero-order valence-electron chi connectivity index (χ0n) is 22.7. The summed E-state index contributed by atoms with van der Waals surface area (Å²) in [5.41, 5.74) is 0.611. The third kappa shape index (κ3) is 8.18. The number of hydrogen-bond acceptors (Lipinski definition) is 5. The van der Waals surface area contributed by atoms with Crippen LogP contribution in [0.1, 0.15) is 33.3 Å². The predicted molar refractivity (Wildman–Crippen MR) is 161 cm³/mol. The van der Waals surface area contributed by atoms with Crippen molar-refractivity contribution in [1.82, 2.24) is 10.2 Å². The quantitative estimate of drug-likeness (QED) is 0.314. The first-order chi connectivity index (χ1) is 18.3. The molecule has 0 fully saturated rings. The number of nitrogens with one attached hydrogen (secondary N) is 1. The molecular weight excluding hydrogens is 629 g/mol. The molecule has 8 nitrogen and oxygen atoms in total. The van der Waals surface area contributed by atoms with Crippen molar-refractivity contribution in [2.45, 2.75) is 50.7 Å². The Morgan fingerprint density at radius 1 is 0.949 bits per heavy atom. The fraction of sp³-hybridized carbons (Fsp3) is 0.310. The van der Waals surface area contributed by atoms with Gasteiger partial charge in [0.1, 0.15) is 18.3 Å². The number of ether oxygens (including phenoxy) is 1. The van der Waals surface area contributed by atoms with E-state index in [-0.39, 0.29) is 17.3 Å². The number of nitrogens with zero attached hydrogens (tertiary/aromatic N) is 2. The van der Waals surface area contributed by atoms with E-state index < -0.39 is 34.1 Å². The maximum atomic E-state index is 13.9. The van der Waals surface area contributed by atoms with Gasteiger partial charge in [0, 0.05) is 15.7 Å². The summed E-state index contributed by atoms with van der Waals surface area (Å²) in [4.78, 5) is 28.5. The standard InChI is InChI=1S/C29H34IN3O5S/c1-21(28(35)31-29(2,3)4)32(19-22-11-17-25(38-5)18-12-22)27(34)20-33(24-15-13-23(30)14-16-24)39(36,37)26-9-7-6-8-10-26/h6-18,21H,19-20H2,1-5H3,(H,31,35)/t21-/m0/s1. The minimum absolute atomic E-state index is 0.0663. The average Bonchev–Trinajstić information content (AvgIpc) is 2.90. The molecule has 0 radical (unpaired) electrons. The molecule has 0 aliphatic rings. The Morgan fingerprint density at radius 2 is 1.54 bits per heavy atom. The van der Waals surface area contributed by atoms with Crippen LogP contribution in [0.3, 0.4) is 0 Å². The van der Waals surface area contributed by atoms with Crippen LogP contribution in [-0.2, 0) is 26.2 Å². The number of hydrogen-bond donors (Lipinski definition) is 1. The average molecular weight is 664 g/mol. The Bertz CT molecular complexity index is 1370. The SMILES string of the molecule is COc1ccc(CN(C(=O)CN(c2ccc(I)cc2)S(=O)(=O)c2ccccc2)[C@@H](C)C(=O)NC(C)(C)C)cc1. The van der Waals surface area contributed by atoms with E-state index in [1.165, 1.54) is 17.0 Å². The van der Waals surface area contributed by atoms with E-state index in [4.69, 9.17) is 4.74 Å². The first-order valence-corrected chi connectivity index (χ1v) is 14.9. The molecule has 0 spiro atoms. The second kappa shape index (κ2) is 12.8. The molecule has 0 aliphatic heterocycles. The lowest BCUT2D eigenvalue weighted by atomic mass is 10.1. The highest BCUT2D eigenvalue weighted by atomic mass is 127. The Labute approximate surface area is 244 Å². The van der Waals surface area contributed by atoms with Crippen molar-refractivity contribution in [3.05, 3.63) is 88.0 Å². The van der Waals surface area contributed by atoms with Crippen LogP contribution in [-0.4, -0.2) is 50.4 Å². The Kier molecular flexibility index (Phi) is 10.0. The number of rotatable bonds is 10. The molecule has 0 aliphatic carbocycles. The van der Waals surface area contributed by atoms with Crippen LogP contribution in [0.4, 0.5) is 5.69 Å². The molecule has 0 saturated heterocycles. The first kappa shape index (κ1) is 30.4. The lowest BCUT2D eigenvalue weighted by Crippen LogP contribution is -2.54. The van der Waals surface area contributed by atoms with Crippen LogP contribution in [0.2, 0.25) is 0 Å². The number of halogens is 1. The molecule has 208 valence electrons. The topological polar surface area (TPSA) is 96.0 Å². The molecule has 0 bridgehead atoms. The highest BCUT2D eigenvalue weighted by Gasteiger charge is 2.33. The molecule has 2 amide bonds. The number of sulfonamides is 1. The van der Waals surface area contributed by atoms with Crippen molar-refractivity contribution in [3.8, 4) is 5.75 Å². The second-order valence-electron chi connectivity index (χ2n) is 10.1. The fourth-order valence-electron chi connectivity index (χ4n) is 3.84. The fourth-order valence-corrected chi connectivity index (χ4v) is 5.63. The molecular formula is C29H34IN3O5S. The van der Waals surface area contributed by atoms with E-state index in [0.717, 1.165) is 13.4 Å². The third-order valence-electron chi connectivity index (χ3n) is 5.90. The molecule has 0 saturated carbocycles. The molecule has 10 heteroatoms. The molecule has 0 aromatic heterocycles. The van der Waals surface area contributed by atoms with Crippen LogP contribution < -0.4 is 14.4 Å². The number of carbonyl (C=O) groups excluding carboxylic acids is 2. The second-order valence-corrected chi connectivity index (χ2v) is 13.2. The summed E-state index contributed by atoms with van der Waals surface area (Å²) in [7, 11) is -2.52. The first-order valence-electron chi connectivity index (χ1n) is 12.4. The van der Waals surface area contributed by atoms with Gasteiger partial charge in [-0.2, -0.15) is 0 Å². The van der Waals surface area contributed by atoms with Crippen molar-refractivity contribution in [2.24, 2.45) is 0 Å². The van der Waals surface area contributed by atoms with Crippen LogP contribution in [0.25, 0.3) is 0 Å². The minimum Gasteiger partial charge on any atom is -0.497 e. The normalized spacial score (nSPS) is 12.4. The van der Waals surface area contributed by atoms with Crippen LogP contribution in [0, 0.1) is 3.57 Å². The maximum Gasteiger partial charge on any atom is 0.264 e. The molecule has 3 rings (SSSR count). The molecule has 1 N–H and O–H groups in total. The van der Waals surface area contributed by atoms with Gasteiger partial charge in [0.25, 0.3) is 10.0 Å². The van der Waals surface area contributed by atoms with E-state index in [2.05, 4.69) is 27.9 Å². The maximum absolute atomic E-state index is 13.9. The number of carbonyl (C=O) groups is 2. The van der Waals surface area contributed by atoms with Gasteiger partial charge < -0.3 is 15.0 Å². The summed E-state index contributed by atoms with van der Waals surface area (Å²) < 4.78 is 34.8. The lowest BCUT2D eigenvalue weighted by Gasteiger charge is -2.33. The predicted octanol–water partition coefficient (Wildman–Crippen LogP) is 4.83. The zero-order valence-corrected chi connectivity index (χ0v) is 25.7. The summed E-state index contributed by atoms with van der Waals surface area (Å²) in [6, 6.07) is 21.2. The Morgan fingerprint density at radius 3 is 2.08 bits per heavy atom. The Hall–Kier alpha value is -3.12. The molecule has 3 aromatic carbocycles. The smallest absolute Gasteiger partial charge is 0.264 e. The van der Waals surface area contributed by atoms with Gasteiger partial charge in [0.2, 0.25) is 11.8 Å². The van der Waals surface area contributed by atoms with Crippen molar-refractivity contribution < 1.29 is 22.7 Å². The van der Waals surface area contributed by atoms with Gasteiger partial charge in [0.05, 0.1) is 17.7 Å². The van der Waals surface area contributed by atoms with Gasteiger partial charge in [-0.15, -0.1) is 0 Å². The summed E-state index contributed by atoms with van der Waals surface area (Å²) >= 11 is 2.14. The summed E-state index contributed by atoms with van der Waals surface area (Å²) in [5.74, 6) is -0.189. The highest BCUT2D eigenvalue weighted by molar-refractivity contribution is 14.1. The molecule has 1 atom stereocenters. The van der Waals surface area contributed by atoms with E-state index in [0.29, 0.717) is 11.4 Å². The van der Waals surface area contributed by atoms with Crippen molar-refractivity contribution in [2.75, 3.05) is 18.0 Å². The minimum atomic E-state index is -4.09. The van der Waals surface area contributed by atoms with E-state index in [1.807, 2.05) is 32.9 Å². The monoisotopic (exact) mass is 663 g/mol. The third-order valence-corrected chi connectivity index (χ3v) is 8.41. The van der Waals surface area contributed by atoms with Gasteiger partial charge in [-0.3, -0.25) is 13.9 Å². The molecule has 39 heavy (non-hydrogen) atoms. The van der Waals surface area contributed by atoms with E-state index in [9.17, 15) is 18.0 Å². The highest BCUT2D eigenvalue weighted by Crippen LogP contribution is 2.25. The lowest BCUT2D eigenvalue weighted by molar-refractivity contribution is -0.140. The van der Waals surface area contributed by atoms with Crippen molar-refractivity contribution in [3.63, 3.8) is 0 Å².